The second kappa shape index (κ2) is 11.5. The lowest BCUT2D eigenvalue weighted by Crippen LogP contribution is -2.48. The summed E-state index contributed by atoms with van der Waals surface area (Å²) in [5.41, 5.74) is 0.898. The van der Waals surface area contributed by atoms with Gasteiger partial charge in [0.15, 0.2) is 11.5 Å². The lowest BCUT2D eigenvalue weighted by atomic mass is 10.1. The Kier molecular flexibility index (Phi) is 8.22. The predicted molar refractivity (Wildman–Crippen MR) is 128 cm³/mol. The summed E-state index contributed by atoms with van der Waals surface area (Å²) in [7, 11) is 1.61. The van der Waals surface area contributed by atoms with Gasteiger partial charge >= 0.3 is 0 Å². The molecule has 1 aliphatic rings. The van der Waals surface area contributed by atoms with Crippen molar-refractivity contribution in [3.05, 3.63) is 71.8 Å². The van der Waals surface area contributed by atoms with Gasteiger partial charge in [0.1, 0.15) is 30.4 Å². The van der Waals surface area contributed by atoms with E-state index in [1.165, 1.54) is 12.1 Å². The first-order valence-corrected chi connectivity index (χ1v) is 11.6. The first-order valence-electron chi connectivity index (χ1n) is 11.6. The molecule has 0 amide bonds. The molecule has 1 N–H and O–H groups in total. The Labute approximate surface area is 204 Å². The Bertz CT molecular complexity index is 1110. The van der Waals surface area contributed by atoms with Crippen LogP contribution in [0.2, 0.25) is 0 Å². The Morgan fingerprint density at radius 3 is 2.83 bits per heavy atom. The minimum absolute atomic E-state index is 0.00315. The third-order valence-electron chi connectivity index (χ3n) is 5.72. The zero-order valence-electron chi connectivity index (χ0n) is 20.2. The van der Waals surface area contributed by atoms with E-state index in [-0.39, 0.29) is 19.0 Å². The van der Waals surface area contributed by atoms with Gasteiger partial charge in [0.05, 0.1) is 33.1 Å². The highest BCUT2D eigenvalue weighted by Gasteiger charge is 2.33. The summed E-state index contributed by atoms with van der Waals surface area (Å²) < 4.78 is 38.1. The van der Waals surface area contributed by atoms with Gasteiger partial charge in [-0.3, -0.25) is 9.58 Å². The molecule has 2 aromatic carbocycles. The van der Waals surface area contributed by atoms with Crippen LogP contribution in [-0.4, -0.2) is 72.0 Å². The number of aliphatic hydroxyl groups is 1. The van der Waals surface area contributed by atoms with Crippen LogP contribution in [0.4, 0.5) is 4.39 Å². The van der Waals surface area contributed by atoms with E-state index >= 15 is 0 Å². The lowest BCUT2D eigenvalue weighted by Gasteiger charge is -2.30. The third-order valence-corrected chi connectivity index (χ3v) is 5.72. The quantitative estimate of drug-likeness (QED) is 0.473. The molecule has 8 nitrogen and oxygen atoms in total. The Hall–Kier alpha value is -3.14. The van der Waals surface area contributed by atoms with Crippen molar-refractivity contribution in [1.82, 2.24) is 14.7 Å². The summed E-state index contributed by atoms with van der Waals surface area (Å²) in [6.45, 7) is 5.30. The van der Waals surface area contributed by atoms with Crippen molar-refractivity contribution in [1.29, 1.82) is 0 Å². The molecular formula is C26H32FN3O5. The van der Waals surface area contributed by atoms with Gasteiger partial charge in [-0.25, -0.2) is 4.39 Å². The smallest absolute Gasteiger partial charge is 0.161 e. The fourth-order valence-electron chi connectivity index (χ4n) is 4.02. The largest absolute Gasteiger partial charge is 0.493 e. The molecule has 0 saturated carbocycles. The molecule has 0 radical (unpaired) electrons. The van der Waals surface area contributed by atoms with Crippen molar-refractivity contribution in [2.45, 2.75) is 25.6 Å². The maximum absolute atomic E-state index is 13.5. The molecule has 2 heterocycles. The zero-order valence-corrected chi connectivity index (χ0v) is 20.2. The average molecular weight is 486 g/mol. The molecule has 188 valence electrons. The van der Waals surface area contributed by atoms with Gasteiger partial charge < -0.3 is 24.1 Å². The van der Waals surface area contributed by atoms with Gasteiger partial charge in [-0.05, 0) is 42.3 Å². The fraction of sp³-hybridized carbons (Fsp3) is 0.423. The summed E-state index contributed by atoms with van der Waals surface area (Å²) in [6, 6.07) is 11.7. The molecule has 1 saturated heterocycles. The van der Waals surface area contributed by atoms with Crippen LogP contribution in [0.3, 0.4) is 0 Å². The van der Waals surface area contributed by atoms with Crippen LogP contribution < -0.4 is 14.2 Å². The normalized spacial score (nSPS) is 18.7. The Morgan fingerprint density at radius 1 is 1.17 bits per heavy atom. The predicted octanol–water partition coefficient (Wildman–Crippen LogP) is 3.06. The van der Waals surface area contributed by atoms with Crippen molar-refractivity contribution in [2.24, 2.45) is 0 Å². The van der Waals surface area contributed by atoms with Crippen molar-refractivity contribution < 1.29 is 28.4 Å². The van der Waals surface area contributed by atoms with E-state index in [0.717, 1.165) is 11.1 Å². The van der Waals surface area contributed by atoms with Crippen LogP contribution >= 0.6 is 0 Å². The second-order valence-corrected chi connectivity index (χ2v) is 8.85. The van der Waals surface area contributed by atoms with Gasteiger partial charge in [-0.15, -0.1) is 0 Å². The van der Waals surface area contributed by atoms with Crippen LogP contribution in [-0.2, 0) is 17.8 Å². The number of hydrogen-bond acceptors (Lipinski definition) is 7. The van der Waals surface area contributed by atoms with Gasteiger partial charge in [-0.2, -0.15) is 5.10 Å². The molecule has 0 unspecified atom stereocenters. The van der Waals surface area contributed by atoms with E-state index in [2.05, 4.69) is 10.00 Å². The highest BCUT2D eigenvalue weighted by molar-refractivity contribution is 5.43. The summed E-state index contributed by atoms with van der Waals surface area (Å²) in [5, 5.41) is 15.4. The van der Waals surface area contributed by atoms with Crippen LogP contribution in [0.5, 0.6) is 17.2 Å². The second-order valence-electron chi connectivity index (χ2n) is 8.85. The molecule has 35 heavy (non-hydrogen) atoms. The summed E-state index contributed by atoms with van der Waals surface area (Å²) in [6.07, 6.45) is 3.79. The molecule has 0 aliphatic carbocycles. The molecule has 1 aliphatic heterocycles. The molecule has 9 heteroatoms. The lowest BCUT2D eigenvalue weighted by molar-refractivity contribution is -0.0647. The number of aromatic nitrogens is 2. The van der Waals surface area contributed by atoms with E-state index in [1.807, 2.05) is 42.2 Å². The van der Waals surface area contributed by atoms with Crippen LogP contribution in [0.15, 0.2) is 54.9 Å². The number of β-amino-alcohol motifs (C(OH)–C–C–N with tert-alkyl or cyclic N) is 1. The molecule has 1 atom stereocenters. The summed E-state index contributed by atoms with van der Waals surface area (Å²) in [4.78, 5) is 2.11. The highest BCUT2D eigenvalue weighted by Crippen LogP contribution is 2.29. The van der Waals surface area contributed by atoms with Crippen molar-refractivity contribution >= 4 is 0 Å². The molecule has 0 spiro atoms. The SMILES string of the molecule is COc1ccc(CN2CCOC[C@](O)(COc3cccc(F)c3)C2)cc1OCCn1cc(C)cn1. The Morgan fingerprint density at radius 2 is 2.06 bits per heavy atom. The van der Waals surface area contributed by atoms with Crippen LogP contribution in [0.25, 0.3) is 0 Å². The molecule has 0 bridgehead atoms. The van der Waals surface area contributed by atoms with E-state index in [1.54, 1.807) is 19.2 Å². The maximum Gasteiger partial charge on any atom is 0.161 e. The summed E-state index contributed by atoms with van der Waals surface area (Å²) >= 11 is 0. The monoisotopic (exact) mass is 485 g/mol. The molecule has 1 fully saturated rings. The van der Waals surface area contributed by atoms with E-state index in [0.29, 0.717) is 56.6 Å². The minimum Gasteiger partial charge on any atom is -0.493 e. The first kappa shape index (κ1) is 25.0. The van der Waals surface area contributed by atoms with E-state index in [4.69, 9.17) is 18.9 Å². The minimum atomic E-state index is -1.23. The zero-order chi connectivity index (χ0) is 24.7. The molecular weight excluding hydrogens is 453 g/mol. The third kappa shape index (κ3) is 7.17. The van der Waals surface area contributed by atoms with Crippen LogP contribution in [0.1, 0.15) is 11.1 Å². The highest BCUT2D eigenvalue weighted by atomic mass is 19.1. The van der Waals surface area contributed by atoms with Gasteiger partial charge in [0.25, 0.3) is 0 Å². The number of rotatable bonds is 10. The standard InChI is InChI=1S/C26H32FN3O5/c1-20-14-28-30(15-20)9-11-34-25-12-21(6-7-24(25)32-2)16-29-8-10-33-18-26(31,17-29)19-35-23-5-3-4-22(27)13-23/h3-7,12-15,31H,8-11,16-19H2,1-2H3/t26-/m0/s1. The van der Waals surface area contributed by atoms with Gasteiger partial charge in [-0.1, -0.05) is 12.1 Å². The van der Waals surface area contributed by atoms with Crippen LogP contribution in [0, 0.1) is 12.7 Å². The van der Waals surface area contributed by atoms with E-state index in [9.17, 15) is 9.50 Å². The number of nitrogens with zero attached hydrogens (tertiary/aromatic N) is 3. The fourth-order valence-corrected chi connectivity index (χ4v) is 4.02. The summed E-state index contributed by atoms with van der Waals surface area (Å²) in [5.74, 6) is 1.30. The molecule has 3 aromatic rings. The number of hydrogen-bond donors (Lipinski definition) is 1. The number of aryl methyl sites for hydroxylation is 1. The molecule has 4 rings (SSSR count). The molecule has 1 aromatic heterocycles. The van der Waals surface area contributed by atoms with Crippen molar-refractivity contribution in [3.8, 4) is 17.2 Å². The first-order chi connectivity index (χ1) is 16.9. The maximum atomic E-state index is 13.5. The van der Waals surface area contributed by atoms with Gasteiger partial charge in [0.2, 0.25) is 0 Å². The number of ether oxygens (including phenoxy) is 4. The van der Waals surface area contributed by atoms with Crippen molar-refractivity contribution in [3.63, 3.8) is 0 Å². The van der Waals surface area contributed by atoms with E-state index < -0.39 is 5.60 Å². The Balaban J connectivity index is 1.37. The van der Waals surface area contributed by atoms with Crippen molar-refractivity contribution in [2.75, 3.05) is 46.6 Å². The number of methoxy groups -OCH3 is 1. The topological polar surface area (TPSA) is 78.2 Å². The van der Waals surface area contributed by atoms with Gasteiger partial charge in [0, 0.05) is 31.9 Å². The number of benzene rings is 2. The average Bonchev–Trinajstić information content (AvgIpc) is 3.16. The number of halogens is 1.